The van der Waals surface area contributed by atoms with Crippen molar-refractivity contribution in [2.24, 2.45) is 16.8 Å². The number of oxime groups is 1. The smallest absolute Gasteiger partial charge is 0.400 e. The van der Waals surface area contributed by atoms with E-state index >= 15 is 0 Å². The van der Waals surface area contributed by atoms with Crippen LogP contribution < -0.4 is 5.73 Å². The summed E-state index contributed by atoms with van der Waals surface area (Å²) >= 11 is 0. The van der Waals surface area contributed by atoms with E-state index in [9.17, 15) is 13.2 Å². The number of likely N-dealkylation sites (N-methyl/N-ethyl adjacent to an activating group) is 1. The molecule has 0 aliphatic carbocycles. The van der Waals surface area contributed by atoms with Gasteiger partial charge in [-0.15, -0.1) is 0 Å². The molecule has 1 aliphatic heterocycles. The Bertz CT molecular complexity index is 306. The molecule has 0 amide bonds. The molecule has 0 aromatic rings. The van der Waals surface area contributed by atoms with E-state index in [1.165, 1.54) is 0 Å². The Morgan fingerprint density at radius 3 is 2.56 bits per heavy atom. The van der Waals surface area contributed by atoms with Gasteiger partial charge in [0.15, 0.2) is 5.84 Å². The minimum atomic E-state index is -4.49. The van der Waals surface area contributed by atoms with E-state index in [1.54, 1.807) is 4.90 Å². The Morgan fingerprint density at radius 2 is 2.17 bits per heavy atom. The number of nitrogens with zero attached hydrogens (tertiary/aromatic N) is 3. The molecule has 0 bridgehead atoms. The van der Waals surface area contributed by atoms with Crippen LogP contribution in [0.2, 0.25) is 0 Å². The number of alkyl halides is 3. The van der Waals surface area contributed by atoms with Crippen LogP contribution in [-0.4, -0.2) is 66.8 Å². The normalized spacial score (nSPS) is 24.8. The summed E-state index contributed by atoms with van der Waals surface area (Å²) < 4.78 is 38.3. The standard InChI is InChI=1S/C10H19F3N4O/c1-16(2)7-3-4-17(5-7)6-8(9(14)15-18)10(11,12)13/h7-8,18H,3-6H2,1-2H3,(H2,14,15). The molecule has 5 nitrogen and oxygen atoms in total. The van der Waals surface area contributed by atoms with Gasteiger partial charge in [-0.25, -0.2) is 0 Å². The van der Waals surface area contributed by atoms with E-state index in [0.717, 1.165) is 6.42 Å². The molecule has 0 aromatic carbocycles. The zero-order valence-corrected chi connectivity index (χ0v) is 10.5. The van der Waals surface area contributed by atoms with Gasteiger partial charge in [-0.05, 0) is 27.1 Å². The van der Waals surface area contributed by atoms with Crippen LogP contribution in [-0.2, 0) is 0 Å². The number of hydrogen-bond donors (Lipinski definition) is 2. The van der Waals surface area contributed by atoms with Gasteiger partial charge in [-0.3, -0.25) is 0 Å². The lowest BCUT2D eigenvalue weighted by atomic mass is 10.1. The van der Waals surface area contributed by atoms with Crippen molar-refractivity contribution >= 4 is 5.84 Å². The monoisotopic (exact) mass is 268 g/mol. The van der Waals surface area contributed by atoms with Gasteiger partial charge in [0.05, 0.1) is 0 Å². The van der Waals surface area contributed by atoms with Gasteiger partial charge in [0.1, 0.15) is 5.92 Å². The molecule has 1 saturated heterocycles. The van der Waals surface area contributed by atoms with Crippen molar-refractivity contribution in [2.75, 3.05) is 33.7 Å². The molecule has 0 saturated carbocycles. The third-order valence-electron chi connectivity index (χ3n) is 3.29. The van der Waals surface area contributed by atoms with Crippen molar-refractivity contribution in [3.05, 3.63) is 0 Å². The largest absolute Gasteiger partial charge is 0.409 e. The number of likely N-dealkylation sites (tertiary alicyclic amines) is 1. The second kappa shape index (κ2) is 5.75. The summed E-state index contributed by atoms with van der Waals surface area (Å²) in [5.74, 6) is -2.70. The van der Waals surface area contributed by atoms with E-state index in [4.69, 9.17) is 10.9 Å². The van der Waals surface area contributed by atoms with Gasteiger partial charge >= 0.3 is 6.18 Å². The van der Waals surface area contributed by atoms with E-state index in [1.807, 2.05) is 19.0 Å². The maximum absolute atomic E-state index is 12.8. The molecular formula is C10H19F3N4O. The lowest BCUT2D eigenvalue weighted by Crippen LogP contribution is -2.44. The first kappa shape index (κ1) is 15.0. The first-order chi connectivity index (χ1) is 8.25. The second-order valence-corrected chi connectivity index (χ2v) is 4.78. The zero-order valence-electron chi connectivity index (χ0n) is 10.5. The van der Waals surface area contributed by atoms with Crippen molar-refractivity contribution in [2.45, 2.75) is 18.6 Å². The Balaban J connectivity index is 2.64. The summed E-state index contributed by atoms with van der Waals surface area (Å²) in [7, 11) is 3.80. The molecular weight excluding hydrogens is 249 g/mol. The summed E-state index contributed by atoms with van der Waals surface area (Å²) in [6.45, 7) is 0.899. The predicted molar refractivity (Wildman–Crippen MR) is 61.5 cm³/mol. The fraction of sp³-hybridized carbons (Fsp3) is 0.900. The van der Waals surface area contributed by atoms with E-state index in [-0.39, 0.29) is 12.6 Å². The molecule has 8 heteroatoms. The van der Waals surface area contributed by atoms with Crippen LogP contribution in [0.15, 0.2) is 5.16 Å². The van der Waals surface area contributed by atoms with Crippen molar-refractivity contribution < 1.29 is 18.4 Å². The highest BCUT2D eigenvalue weighted by atomic mass is 19.4. The Kier molecular flexibility index (Phi) is 4.80. The molecule has 1 aliphatic rings. The Morgan fingerprint density at radius 1 is 1.56 bits per heavy atom. The number of nitrogens with two attached hydrogens (primary N) is 1. The zero-order chi connectivity index (χ0) is 13.9. The average molecular weight is 268 g/mol. The summed E-state index contributed by atoms with van der Waals surface area (Å²) in [5.41, 5.74) is 5.12. The predicted octanol–water partition coefficient (Wildman–Crippen LogP) is 0.547. The topological polar surface area (TPSA) is 65.1 Å². The molecule has 1 rings (SSSR count). The van der Waals surface area contributed by atoms with Crippen LogP contribution >= 0.6 is 0 Å². The minimum absolute atomic E-state index is 0.256. The molecule has 106 valence electrons. The highest BCUT2D eigenvalue weighted by molar-refractivity contribution is 5.83. The van der Waals surface area contributed by atoms with Gasteiger partial charge in [-0.2, -0.15) is 13.2 Å². The van der Waals surface area contributed by atoms with Crippen molar-refractivity contribution in [1.29, 1.82) is 0 Å². The Labute approximate surface area is 104 Å². The molecule has 3 N–H and O–H groups in total. The van der Waals surface area contributed by atoms with Crippen molar-refractivity contribution in [1.82, 2.24) is 9.80 Å². The van der Waals surface area contributed by atoms with E-state index < -0.39 is 17.9 Å². The van der Waals surface area contributed by atoms with Gasteiger partial charge in [0.25, 0.3) is 0 Å². The first-order valence-corrected chi connectivity index (χ1v) is 5.68. The molecule has 18 heavy (non-hydrogen) atoms. The number of halogens is 3. The fourth-order valence-electron chi connectivity index (χ4n) is 2.09. The van der Waals surface area contributed by atoms with E-state index in [2.05, 4.69) is 5.16 Å². The number of rotatable bonds is 4. The van der Waals surface area contributed by atoms with Crippen LogP contribution in [0.3, 0.4) is 0 Å². The quantitative estimate of drug-likeness (QED) is 0.338. The first-order valence-electron chi connectivity index (χ1n) is 5.68. The number of hydrogen-bond acceptors (Lipinski definition) is 4. The van der Waals surface area contributed by atoms with Gasteiger partial charge in [-0.1, -0.05) is 5.16 Å². The molecule has 0 aromatic heterocycles. The highest BCUT2D eigenvalue weighted by Gasteiger charge is 2.44. The van der Waals surface area contributed by atoms with Crippen LogP contribution in [0.1, 0.15) is 6.42 Å². The highest BCUT2D eigenvalue weighted by Crippen LogP contribution is 2.28. The van der Waals surface area contributed by atoms with Crippen LogP contribution in [0.25, 0.3) is 0 Å². The van der Waals surface area contributed by atoms with Gasteiger partial charge in [0, 0.05) is 19.1 Å². The maximum atomic E-state index is 12.8. The maximum Gasteiger partial charge on any atom is 0.400 e. The molecule has 0 spiro atoms. The average Bonchev–Trinajstić information content (AvgIpc) is 2.72. The SMILES string of the molecule is CN(C)C1CCN(CC(C(N)=NO)C(F)(F)F)C1. The van der Waals surface area contributed by atoms with Crippen LogP contribution in [0.4, 0.5) is 13.2 Å². The van der Waals surface area contributed by atoms with Crippen LogP contribution in [0, 0.1) is 5.92 Å². The van der Waals surface area contributed by atoms with Gasteiger partial charge < -0.3 is 20.7 Å². The molecule has 0 radical (unpaired) electrons. The second-order valence-electron chi connectivity index (χ2n) is 4.78. The summed E-state index contributed by atoms with van der Waals surface area (Å²) in [6, 6.07) is 0.256. The van der Waals surface area contributed by atoms with Crippen molar-refractivity contribution in [3.8, 4) is 0 Å². The summed E-state index contributed by atoms with van der Waals surface area (Å²) in [6.07, 6.45) is -3.67. The summed E-state index contributed by atoms with van der Waals surface area (Å²) in [4.78, 5) is 3.69. The lowest BCUT2D eigenvalue weighted by Gasteiger charge is -2.25. The third-order valence-corrected chi connectivity index (χ3v) is 3.29. The molecule has 2 atom stereocenters. The fourth-order valence-corrected chi connectivity index (χ4v) is 2.09. The van der Waals surface area contributed by atoms with Crippen LogP contribution in [0.5, 0.6) is 0 Å². The lowest BCUT2D eigenvalue weighted by molar-refractivity contribution is -0.159. The Hall–Kier alpha value is -1.02. The minimum Gasteiger partial charge on any atom is -0.409 e. The molecule has 1 fully saturated rings. The molecule has 2 unspecified atom stereocenters. The van der Waals surface area contributed by atoms with Crippen molar-refractivity contribution in [3.63, 3.8) is 0 Å². The third kappa shape index (κ3) is 3.74. The molecule has 1 heterocycles. The number of amidine groups is 1. The van der Waals surface area contributed by atoms with Gasteiger partial charge in [0.2, 0.25) is 0 Å². The van der Waals surface area contributed by atoms with E-state index in [0.29, 0.717) is 13.1 Å². The summed E-state index contributed by atoms with van der Waals surface area (Å²) in [5, 5.41) is 10.9.